The summed E-state index contributed by atoms with van der Waals surface area (Å²) in [6.07, 6.45) is 0. The summed E-state index contributed by atoms with van der Waals surface area (Å²) in [7, 11) is 0. The monoisotopic (exact) mass is 336 g/mol. The summed E-state index contributed by atoms with van der Waals surface area (Å²) in [5, 5.41) is 0. The second-order valence-electron chi connectivity index (χ2n) is 0. The molecule has 0 aromatic rings. The summed E-state index contributed by atoms with van der Waals surface area (Å²) in [5.41, 5.74) is 0. The molecule has 0 aromatic carbocycles. The topological polar surface area (TPSA) is 0 Å². The van der Waals surface area contributed by atoms with Crippen LogP contribution in [0, 0.1) is 0 Å². The quantitative estimate of drug-likeness (QED) is 0.473. The molecule has 0 fully saturated rings. The average molecular weight is 336 g/mol. The van der Waals surface area contributed by atoms with Gasteiger partial charge in [-0.3, -0.25) is 0 Å². The van der Waals surface area contributed by atoms with Crippen molar-refractivity contribution in [3.63, 3.8) is 0 Å². The van der Waals surface area contributed by atoms with Gasteiger partial charge in [-0.15, -0.1) is 0 Å². The van der Waals surface area contributed by atoms with Gasteiger partial charge in [-0.05, 0) is 0 Å². The first-order valence-corrected chi connectivity index (χ1v) is 0. The summed E-state index contributed by atoms with van der Waals surface area (Å²) in [4.78, 5) is 0. The van der Waals surface area contributed by atoms with E-state index in [1.807, 2.05) is 0 Å². The minimum Gasteiger partial charge on any atom is -1.00 e. The molecule has 0 heterocycles. The summed E-state index contributed by atoms with van der Waals surface area (Å²) in [6.45, 7) is 0. The van der Waals surface area contributed by atoms with Gasteiger partial charge in [0.2, 0.25) is 0 Å². The molecular weight excluding hydrogens is 329 g/mol. The van der Waals surface area contributed by atoms with E-state index in [-0.39, 0.29) is 110 Å². The van der Waals surface area contributed by atoms with Gasteiger partial charge in [-0.1, -0.05) is 0 Å². The fourth-order valence-corrected chi connectivity index (χ4v) is 0. The van der Waals surface area contributed by atoms with Crippen molar-refractivity contribution in [3.8, 4) is 0 Å². The van der Waals surface area contributed by atoms with Gasteiger partial charge in [0.15, 0.2) is 0 Å². The van der Waals surface area contributed by atoms with Crippen molar-refractivity contribution in [2.24, 2.45) is 0 Å². The molecule has 0 unspecified atom stereocenters. The molecule has 0 spiro atoms. The molecule has 0 amide bonds. The minimum absolute atomic E-state index is 0. The Balaban J connectivity index is 0. The largest absolute Gasteiger partial charge is 2.00 e. The van der Waals surface area contributed by atoms with E-state index in [2.05, 4.69) is 0 Å². The predicted octanol–water partition coefficient (Wildman–Crippen LogP) is -1.50. The molecule has 0 N–H and O–H groups in total. The smallest absolute Gasteiger partial charge is 1.00 e. The zero-order valence-electron chi connectivity index (χ0n) is 6.47. The Labute approximate surface area is 108 Å². The van der Waals surface area contributed by atoms with Crippen LogP contribution >= 0.6 is 0 Å². The molecule has 4 heteroatoms. The van der Waals surface area contributed by atoms with Crippen LogP contribution < -0.4 is 0 Å². The molecule has 0 nitrogen and oxygen atoms in total. The second kappa shape index (κ2) is 16.1. The first kappa shape index (κ1) is 26.1. The maximum atomic E-state index is 0. The van der Waals surface area contributed by atoms with E-state index in [0.29, 0.717) is 0 Å². The standard InChI is InChI=1S/Bi.Ca.Fe.Mg.7H/q;+2;;+2;;;;4*-1. The van der Waals surface area contributed by atoms with Gasteiger partial charge < -0.3 is 5.71 Å². The summed E-state index contributed by atoms with van der Waals surface area (Å²) < 4.78 is 0. The van der Waals surface area contributed by atoms with Crippen molar-refractivity contribution in [2.45, 2.75) is 0 Å². The van der Waals surface area contributed by atoms with Gasteiger partial charge in [-0.25, -0.2) is 0 Å². The molecular formula is H7BiCaFeMg. The van der Waals surface area contributed by atoms with Crippen molar-refractivity contribution in [2.75, 3.05) is 0 Å². The SMILES string of the molecule is [BiH3].[Ca+2].[Fe].[H-].[H-].[H-].[H-].[Mg+2]. The van der Waals surface area contributed by atoms with Crippen LogP contribution in [0.3, 0.4) is 0 Å². The predicted molar refractivity (Wildman–Crippen MR) is 25.9 cm³/mol. The van der Waals surface area contributed by atoms with Crippen LogP contribution in [-0.4, -0.2) is 87.0 Å². The van der Waals surface area contributed by atoms with Crippen molar-refractivity contribution < 1.29 is 22.8 Å². The first-order valence-electron chi connectivity index (χ1n) is 0. The first-order chi connectivity index (χ1) is 0. The molecule has 0 rings (SSSR count). The van der Waals surface area contributed by atoms with E-state index in [9.17, 15) is 0 Å². The van der Waals surface area contributed by atoms with Crippen LogP contribution in [0.1, 0.15) is 5.71 Å². The molecule has 4 heavy (non-hydrogen) atoms. The zero-order chi connectivity index (χ0) is 0. The third kappa shape index (κ3) is 9.06. The van der Waals surface area contributed by atoms with E-state index < -0.39 is 0 Å². The van der Waals surface area contributed by atoms with Crippen LogP contribution in [0.4, 0.5) is 0 Å². The Hall–Kier alpha value is 3.43. The zero-order valence-corrected chi connectivity index (χ0v) is 12.7. The fourth-order valence-electron chi connectivity index (χ4n) is 0. The van der Waals surface area contributed by atoms with Gasteiger partial charge in [0.1, 0.15) is 0 Å². The number of hydrogen-bond acceptors (Lipinski definition) is 0. The van der Waals surface area contributed by atoms with Crippen molar-refractivity contribution in [1.29, 1.82) is 0 Å². The van der Waals surface area contributed by atoms with Crippen molar-refractivity contribution in [1.82, 2.24) is 0 Å². The summed E-state index contributed by atoms with van der Waals surface area (Å²) in [6, 6.07) is 0. The normalized spacial score (nSPS) is 0. The molecule has 0 aliphatic carbocycles. The van der Waals surface area contributed by atoms with E-state index in [0.717, 1.165) is 0 Å². The number of rotatable bonds is 0. The van der Waals surface area contributed by atoms with Gasteiger partial charge >= 0.3 is 87.0 Å². The molecule has 0 saturated heterocycles. The summed E-state index contributed by atoms with van der Waals surface area (Å²) >= 11 is 0. The Morgan fingerprint density at radius 1 is 1.25 bits per heavy atom. The Kier molecular flexibility index (Phi) is 105. The number of hydrogen-bond donors (Lipinski definition) is 0. The van der Waals surface area contributed by atoms with Gasteiger partial charge in [-0.2, -0.15) is 0 Å². The van der Waals surface area contributed by atoms with Crippen LogP contribution in [0.5, 0.6) is 0 Å². The molecule has 0 radical (unpaired) electrons. The van der Waals surface area contributed by atoms with Crippen LogP contribution in [0.15, 0.2) is 0 Å². The molecule has 0 saturated carbocycles. The fraction of sp³-hybridized carbons (Fsp3) is 0. The van der Waals surface area contributed by atoms with E-state index >= 15 is 0 Å². The maximum Gasteiger partial charge on any atom is 2.00 e. The van der Waals surface area contributed by atoms with Crippen LogP contribution in [0.25, 0.3) is 0 Å². The minimum atomic E-state index is 0. The maximum absolute atomic E-state index is 0. The third-order valence-corrected chi connectivity index (χ3v) is 0. The van der Waals surface area contributed by atoms with Crippen molar-refractivity contribution >= 4 is 87.0 Å². The molecule has 0 aliphatic heterocycles. The van der Waals surface area contributed by atoms with Crippen molar-refractivity contribution in [3.05, 3.63) is 0 Å². The molecule has 0 atom stereocenters. The van der Waals surface area contributed by atoms with E-state index in [4.69, 9.17) is 0 Å². The van der Waals surface area contributed by atoms with E-state index in [1.165, 1.54) is 0 Å². The Morgan fingerprint density at radius 3 is 1.25 bits per heavy atom. The van der Waals surface area contributed by atoms with Gasteiger partial charge in [0.05, 0.1) is 0 Å². The van der Waals surface area contributed by atoms with Crippen LogP contribution in [-0.2, 0) is 17.1 Å². The Morgan fingerprint density at radius 2 is 1.25 bits per heavy atom. The van der Waals surface area contributed by atoms with Gasteiger partial charge in [0, 0.05) is 17.1 Å². The third-order valence-electron chi connectivity index (χ3n) is 0. The van der Waals surface area contributed by atoms with E-state index in [1.54, 1.807) is 0 Å². The molecule has 0 aromatic heterocycles. The Bertz CT molecular complexity index is 16.0. The van der Waals surface area contributed by atoms with Gasteiger partial charge in [0.25, 0.3) is 0 Å². The molecule has 0 bridgehead atoms. The molecule has 0 aliphatic rings. The second-order valence-corrected chi connectivity index (χ2v) is 0. The molecule has 24 valence electrons. The average Bonchev–Trinajstić information content (AvgIpc) is 0. The summed E-state index contributed by atoms with van der Waals surface area (Å²) in [5.74, 6) is 0. The van der Waals surface area contributed by atoms with Crippen LogP contribution in [0.2, 0.25) is 0 Å².